The molecule has 0 saturated carbocycles. The molecule has 0 saturated heterocycles. The lowest BCUT2D eigenvalue weighted by molar-refractivity contribution is -0.131. The fraction of sp³-hybridized carbons (Fsp3) is 0.100. The molecule has 0 aliphatic carbocycles. The van der Waals surface area contributed by atoms with E-state index in [0.717, 1.165) is 24.3 Å². The lowest BCUT2D eigenvalue weighted by atomic mass is 10.1. The number of halogens is 2. The van der Waals surface area contributed by atoms with Crippen LogP contribution in [0, 0.1) is 11.6 Å². The third-order valence-electron chi connectivity index (χ3n) is 1.66. The van der Waals surface area contributed by atoms with Crippen LogP contribution in [0.5, 0.6) is 0 Å². The lowest BCUT2D eigenvalue weighted by Gasteiger charge is -2.00. The number of carboxylic acids is 1. The van der Waals surface area contributed by atoms with Gasteiger partial charge in [0.15, 0.2) is 0 Å². The highest BCUT2D eigenvalue weighted by Gasteiger charge is 2.03. The number of carboxylic acid groups (broad SMARTS) is 1. The molecule has 0 radical (unpaired) electrons. The SMILES string of the molecule is C/C(=C\C(=O)O)c1cc(F)cc(F)c1. The van der Waals surface area contributed by atoms with Gasteiger partial charge >= 0.3 is 5.97 Å². The van der Waals surface area contributed by atoms with Crippen molar-refractivity contribution in [1.29, 1.82) is 0 Å². The van der Waals surface area contributed by atoms with Crippen LogP contribution < -0.4 is 0 Å². The zero-order valence-corrected chi connectivity index (χ0v) is 7.42. The predicted molar refractivity (Wildman–Crippen MR) is 47.6 cm³/mol. The van der Waals surface area contributed by atoms with Gasteiger partial charge in [-0.2, -0.15) is 0 Å². The molecule has 0 spiro atoms. The van der Waals surface area contributed by atoms with Crippen molar-refractivity contribution in [1.82, 2.24) is 0 Å². The van der Waals surface area contributed by atoms with E-state index in [9.17, 15) is 13.6 Å². The number of hydrogen-bond acceptors (Lipinski definition) is 1. The zero-order chi connectivity index (χ0) is 10.7. The second kappa shape index (κ2) is 4.00. The molecule has 14 heavy (non-hydrogen) atoms. The van der Waals surface area contributed by atoms with Crippen molar-refractivity contribution in [3.8, 4) is 0 Å². The van der Waals surface area contributed by atoms with E-state index in [1.54, 1.807) is 0 Å². The van der Waals surface area contributed by atoms with Crippen LogP contribution in [0.1, 0.15) is 12.5 Å². The minimum Gasteiger partial charge on any atom is -0.478 e. The monoisotopic (exact) mass is 198 g/mol. The summed E-state index contributed by atoms with van der Waals surface area (Å²) in [7, 11) is 0. The fourth-order valence-electron chi connectivity index (χ4n) is 1.05. The summed E-state index contributed by atoms with van der Waals surface area (Å²) in [6.07, 6.45) is 0.897. The Bertz CT molecular complexity index is 377. The summed E-state index contributed by atoms with van der Waals surface area (Å²) in [5.74, 6) is -2.59. The van der Waals surface area contributed by atoms with E-state index < -0.39 is 17.6 Å². The van der Waals surface area contributed by atoms with Crippen molar-refractivity contribution in [2.75, 3.05) is 0 Å². The second-order valence-corrected chi connectivity index (χ2v) is 2.82. The van der Waals surface area contributed by atoms with E-state index in [-0.39, 0.29) is 5.56 Å². The Labute approximate surface area is 79.5 Å². The Hall–Kier alpha value is -1.71. The first-order valence-corrected chi connectivity index (χ1v) is 3.87. The quantitative estimate of drug-likeness (QED) is 0.741. The lowest BCUT2D eigenvalue weighted by Crippen LogP contribution is -1.91. The van der Waals surface area contributed by atoms with Gasteiger partial charge in [0.05, 0.1) is 0 Å². The fourth-order valence-corrected chi connectivity index (χ4v) is 1.05. The van der Waals surface area contributed by atoms with E-state index in [4.69, 9.17) is 5.11 Å². The van der Waals surface area contributed by atoms with E-state index in [2.05, 4.69) is 0 Å². The van der Waals surface area contributed by atoms with Crippen LogP contribution in [-0.2, 0) is 4.79 Å². The molecule has 0 aromatic heterocycles. The van der Waals surface area contributed by atoms with Crippen molar-refractivity contribution >= 4 is 11.5 Å². The van der Waals surface area contributed by atoms with E-state index >= 15 is 0 Å². The molecule has 1 aromatic carbocycles. The second-order valence-electron chi connectivity index (χ2n) is 2.82. The van der Waals surface area contributed by atoms with Crippen molar-refractivity contribution < 1.29 is 18.7 Å². The van der Waals surface area contributed by atoms with E-state index in [1.165, 1.54) is 6.92 Å². The van der Waals surface area contributed by atoms with Crippen molar-refractivity contribution in [2.24, 2.45) is 0 Å². The molecule has 0 amide bonds. The first kappa shape index (κ1) is 10.4. The summed E-state index contributed by atoms with van der Waals surface area (Å²) in [5.41, 5.74) is 0.529. The summed E-state index contributed by atoms with van der Waals surface area (Å²) in [4.78, 5) is 10.3. The van der Waals surface area contributed by atoms with Gasteiger partial charge in [-0.05, 0) is 30.2 Å². The van der Waals surface area contributed by atoms with Crippen LogP contribution in [-0.4, -0.2) is 11.1 Å². The van der Waals surface area contributed by atoms with Crippen molar-refractivity contribution in [2.45, 2.75) is 6.92 Å². The Morgan fingerprint density at radius 3 is 2.21 bits per heavy atom. The number of aliphatic carboxylic acids is 1. The summed E-state index contributed by atoms with van der Waals surface area (Å²) in [5, 5.41) is 8.42. The highest BCUT2D eigenvalue weighted by Crippen LogP contribution is 2.16. The van der Waals surface area contributed by atoms with Gasteiger partial charge in [0.2, 0.25) is 0 Å². The standard InChI is InChI=1S/C10H8F2O2/c1-6(2-10(13)14)7-3-8(11)5-9(12)4-7/h2-5H,1H3,(H,13,14)/b6-2+. The zero-order valence-electron chi connectivity index (χ0n) is 7.42. The van der Waals surface area contributed by atoms with Gasteiger partial charge < -0.3 is 5.11 Å². The smallest absolute Gasteiger partial charge is 0.328 e. The average molecular weight is 198 g/mol. The number of rotatable bonds is 2. The molecule has 1 rings (SSSR count). The molecule has 0 aliphatic rings. The molecule has 1 aromatic rings. The summed E-state index contributed by atoms with van der Waals surface area (Å²) < 4.78 is 25.4. The highest BCUT2D eigenvalue weighted by molar-refractivity contribution is 5.89. The third-order valence-corrected chi connectivity index (χ3v) is 1.66. The van der Waals surface area contributed by atoms with Gasteiger partial charge in [-0.25, -0.2) is 13.6 Å². The van der Waals surface area contributed by atoms with E-state index in [0.29, 0.717) is 5.57 Å². The molecule has 74 valence electrons. The summed E-state index contributed by atoms with van der Waals surface area (Å²) >= 11 is 0. The minimum atomic E-state index is -1.15. The first-order chi connectivity index (χ1) is 6.49. The first-order valence-electron chi connectivity index (χ1n) is 3.87. The molecule has 0 fully saturated rings. The van der Waals surface area contributed by atoms with Crippen LogP contribution >= 0.6 is 0 Å². The third kappa shape index (κ3) is 2.65. The Morgan fingerprint density at radius 1 is 1.29 bits per heavy atom. The maximum absolute atomic E-state index is 12.7. The van der Waals surface area contributed by atoms with Gasteiger partial charge in [-0.3, -0.25) is 0 Å². The molecule has 0 heterocycles. The number of carbonyl (C=O) groups is 1. The Morgan fingerprint density at radius 2 is 1.79 bits per heavy atom. The maximum atomic E-state index is 12.7. The van der Waals surface area contributed by atoms with Gasteiger partial charge in [-0.1, -0.05) is 0 Å². The maximum Gasteiger partial charge on any atom is 0.328 e. The highest BCUT2D eigenvalue weighted by atomic mass is 19.1. The van der Waals surface area contributed by atoms with E-state index in [1.807, 2.05) is 0 Å². The molecule has 0 aliphatic heterocycles. The molecular weight excluding hydrogens is 190 g/mol. The molecule has 2 nitrogen and oxygen atoms in total. The molecule has 0 bridgehead atoms. The van der Waals surface area contributed by atoms with Crippen LogP contribution in [0.2, 0.25) is 0 Å². The van der Waals surface area contributed by atoms with Gasteiger partial charge in [0, 0.05) is 12.1 Å². The van der Waals surface area contributed by atoms with Crippen LogP contribution in [0.4, 0.5) is 8.78 Å². The number of hydrogen-bond donors (Lipinski definition) is 1. The van der Waals surface area contributed by atoms with Gasteiger partial charge in [0.1, 0.15) is 11.6 Å². The Kier molecular flexibility index (Phi) is 2.96. The molecule has 1 N–H and O–H groups in total. The molecule has 0 atom stereocenters. The predicted octanol–water partition coefficient (Wildman–Crippen LogP) is 2.45. The van der Waals surface area contributed by atoms with Gasteiger partial charge in [-0.15, -0.1) is 0 Å². The van der Waals surface area contributed by atoms with Crippen LogP contribution in [0.3, 0.4) is 0 Å². The minimum absolute atomic E-state index is 0.227. The average Bonchev–Trinajstić information content (AvgIpc) is 2.00. The van der Waals surface area contributed by atoms with Crippen molar-refractivity contribution in [3.05, 3.63) is 41.5 Å². The summed E-state index contributed by atoms with van der Waals surface area (Å²) in [6.45, 7) is 1.47. The summed E-state index contributed by atoms with van der Waals surface area (Å²) in [6, 6.07) is 2.90. The Balaban J connectivity index is 3.13. The molecular formula is C10H8F2O2. The number of benzene rings is 1. The molecule has 0 unspecified atom stereocenters. The van der Waals surface area contributed by atoms with Crippen LogP contribution in [0.15, 0.2) is 24.3 Å². The largest absolute Gasteiger partial charge is 0.478 e. The molecule has 4 heteroatoms. The number of allylic oxidation sites excluding steroid dienone is 1. The van der Waals surface area contributed by atoms with Crippen LogP contribution in [0.25, 0.3) is 5.57 Å². The van der Waals surface area contributed by atoms with Gasteiger partial charge in [0.25, 0.3) is 0 Å². The van der Waals surface area contributed by atoms with Crippen molar-refractivity contribution in [3.63, 3.8) is 0 Å². The topological polar surface area (TPSA) is 37.3 Å². The normalized spacial score (nSPS) is 11.5.